The van der Waals surface area contributed by atoms with E-state index in [1.165, 1.54) is 6.42 Å². The number of para-hydroxylation sites is 1. The highest BCUT2D eigenvalue weighted by molar-refractivity contribution is 7.92. The van der Waals surface area contributed by atoms with Gasteiger partial charge in [0.25, 0.3) is 10.0 Å². The molecule has 1 aliphatic carbocycles. The van der Waals surface area contributed by atoms with Crippen molar-refractivity contribution in [3.8, 4) is 0 Å². The van der Waals surface area contributed by atoms with E-state index in [9.17, 15) is 18.0 Å². The molecule has 0 aromatic heterocycles. The van der Waals surface area contributed by atoms with Crippen molar-refractivity contribution in [1.82, 2.24) is 10.2 Å². The summed E-state index contributed by atoms with van der Waals surface area (Å²) in [6.07, 6.45) is 5.61. The molecule has 7 nitrogen and oxygen atoms in total. The summed E-state index contributed by atoms with van der Waals surface area (Å²) in [6.45, 7) is 5.53. The molecule has 8 heteroatoms. The molecule has 3 aromatic rings. The summed E-state index contributed by atoms with van der Waals surface area (Å²) in [6, 6.07) is 22.4. The maximum atomic E-state index is 14.2. The highest BCUT2D eigenvalue weighted by Gasteiger charge is 2.34. The van der Waals surface area contributed by atoms with Gasteiger partial charge < -0.3 is 10.2 Å². The highest BCUT2D eigenvalue weighted by atomic mass is 32.2. The largest absolute Gasteiger partial charge is 0.352 e. The zero-order valence-corrected chi connectivity index (χ0v) is 25.1. The molecule has 1 aliphatic rings. The van der Waals surface area contributed by atoms with Gasteiger partial charge in [-0.15, -0.1) is 0 Å². The van der Waals surface area contributed by atoms with Gasteiger partial charge in [0.1, 0.15) is 12.6 Å². The van der Waals surface area contributed by atoms with E-state index in [4.69, 9.17) is 0 Å². The fourth-order valence-corrected chi connectivity index (χ4v) is 6.85. The lowest BCUT2D eigenvalue weighted by molar-refractivity contribution is -0.140. The molecular formula is C33H41N3O4S. The molecule has 1 N–H and O–H groups in total. The summed E-state index contributed by atoms with van der Waals surface area (Å²) in [7, 11) is -4.07. The van der Waals surface area contributed by atoms with Gasteiger partial charge in [0.2, 0.25) is 11.8 Å². The topological polar surface area (TPSA) is 86.8 Å². The Kier molecular flexibility index (Phi) is 10.2. The minimum absolute atomic E-state index is 0.101. The Hall–Kier alpha value is -3.65. The van der Waals surface area contributed by atoms with Gasteiger partial charge in [-0.1, -0.05) is 91.9 Å². The average molecular weight is 576 g/mol. The zero-order chi connectivity index (χ0) is 29.4. The molecule has 0 heterocycles. The number of aryl methyl sites for hydroxylation is 2. The number of sulfonamides is 1. The predicted octanol–water partition coefficient (Wildman–Crippen LogP) is 5.76. The summed E-state index contributed by atoms with van der Waals surface area (Å²) >= 11 is 0. The Morgan fingerprint density at radius 2 is 1.56 bits per heavy atom. The first-order valence-electron chi connectivity index (χ1n) is 14.5. The number of amides is 2. The maximum absolute atomic E-state index is 14.2. The van der Waals surface area contributed by atoms with E-state index in [1.807, 2.05) is 45.0 Å². The number of carbonyl (C=O) groups is 2. The molecular weight excluding hydrogens is 534 g/mol. The third-order valence-corrected chi connectivity index (χ3v) is 9.49. The van der Waals surface area contributed by atoms with Crippen molar-refractivity contribution in [2.75, 3.05) is 10.8 Å². The van der Waals surface area contributed by atoms with E-state index in [2.05, 4.69) is 5.32 Å². The molecule has 2 amide bonds. The molecule has 218 valence electrons. The highest BCUT2D eigenvalue weighted by Crippen LogP contribution is 2.25. The number of nitrogens with one attached hydrogen (secondary N) is 1. The minimum atomic E-state index is -4.07. The fraction of sp³-hybridized carbons (Fsp3) is 0.394. The van der Waals surface area contributed by atoms with E-state index in [1.54, 1.807) is 59.5 Å². The molecule has 1 atom stereocenters. The minimum Gasteiger partial charge on any atom is -0.352 e. The second-order valence-corrected chi connectivity index (χ2v) is 12.8. The summed E-state index contributed by atoms with van der Waals surface area (Å²) in [5.41, 5.74) is 3.25. The molecule has 0 saturated heterocycles. The molecule has 1 fully saturated rings. The molecule has 4 rings (SSSR count). The van der Waals surface area contributed by atoms with Crippen LogP contribution < -0.4 is 9.62 Å². The average Bonchev–Trinajstić information content (AvgIpc) is 2.97. The SMILES string of the molecule is CCC(C(=O)NC1CCCCC1)N(Cc1cccc(C)c1)C(=O)CN(c1ccccc1)S(=O)(=O)c1ccc(C)cc1. The molecule has 0 spiro atoms. The predicted molar refractivity (Wildman–Crippen MR) is 163 cm³/mol. The number of hydrogen-bond donors (Lipinski definition) is 1. The van der Waals surface area contributed by atoms with Crippen molar-refractivity contribution < 1.29 is 18.0 Å². The lowest BCUT2D eigenvalue weighted by atomic mass is 9.95. The number of benzene rings is 3. The molecule has 3 aromatic carbocycles. The van der Waals surface area contributed by atoms with Crippen molar-refractivity contribution in [1.29, 1.82) is 0 Å². The van der Waals surface area contributed by atoms with Gasteiger partial charge in [-0.25, -0.2) is 8.42 Å². The van der Waals surface area contributed by atoms with E-state index >= 15 is 0 Å². The van der Waals surface area contributed by atoms with Crippen LogP contribution in [0.15, 0.2) is 83.8 Å². The first-order chi connectivity index (χ1) is 19.7. The van der Waals surface area contributed by atoms with Crippen LogP contribution >= 0.6 is 0 Å². The van der Waals surface area contributed by atoms with Crippen molar-refractivity contribution in [2.45, 2.75) is 82.8 Å². The standard InChI is InChI=1S/C33H41N3O4S/c1-4-31(33(38)34-28-14-7-5-8-15-28)35(23-27-13-11-12-26(3)22-27)32(37)24-36(29-16-9-6-10-17-29)41(39,40)30-20-18-25(2)19-21-30/h6,9-13,16-22,28,31H,4-5,7-8,14-15,23-24H2,1-3H3,(H,34,38). The summed E-state index contributed by atoms with van der Waals surface area (Å²) < 4.78 is 29.0. The lowest BCUT2D eigenvalue weighted by Gasteiger charge is -2.34. The molecule has 0 radical (unpaired) electrons. The summed E-state index contributed by atoms with van der Waals surface area (Å²) in [4.78, 5) is 29.5. The second kappa shape index (κ2) is 13.8. The van der Waals surface area contributed by atoms with Crippen LogP contribution in [0.5, 0.6) is 0 Å². The monoisotopic (exact) mass is 575 g/mol. The number of hydrogen-bond acceptors (Lipinski definition) is 4. The summed E-state index contributed by atoms with van der Waals surface area (Å²) in [5, 5.41) is 3.18. The van der Waals surface area contributed by atoms with Crippen molar-refractivity contribution in [3.63, 3.8) is 0 Å². The van der Waals surface area contributed by atoms with Gasteiger partial charge in [0.15, 0.2) is 0 Å². The van der Waals surface area contributed by atoms with Crippen LogP contribution in [0.4, 0.5) is 5.69 Å². The third kappa shape index (κ3) is 7.76. The van der Waals surface area contributed by atoms with E-state index < -0.39 is 28.5 Å². The van der Waals surface area contributed by atoms with Crippen molar-refractivity contribution in [3.05, 3.63) is 95.6 Å². The molecule has 41 heavy (non-hydrogen) atoms. The van der Waals surface area contributed by atoms with Gasteiger partial charge in [0.05, 0.1) is 10.6 Å². The maximum Gasteiger partial charge on any atom is 0.264 e. The normalized spacial score (nSPS) is 14.7. The fourth-order valence-electron chi connectivity index (χ4n) is 5.43. The van der Waals surface area contributed by atoms with Gasteiger partial charge in [-0.2, -0.15) is 0 Å². The molecule has 0 aliphatic heterocycles. The Morgan fingerprint density at radius 1 is 0.878 bits per heavy atom. The summed E-state index contributed by atoms with van der Waals surface area (Å²) in [5.74, 6) is -0.621. The van der Waals surface area contributed by atoms with E-state index in [-0.39, 0.29) is 23.4 Å². The van der Waals surface area contributed by atoms with Crippen LogP contribution in [0.3, 0.4) is 0 Å². The third-order valence-electron chi connectivity index (χ3n) is 7.70. The van der Waals surface area contributed by atoms with Crippen LogP contribution in [0.1, 0.15) is 62.1 Å². The number of anilines is 1. The van der Waals surface area contributed by atoms with E-state index in [0.717, 1.165) is 46.7 Å². The Bertz CT molecular complexity index is 1420. The lowest BCUT2D eigenvalue weighted by Crippen LogP contribution is -2.54. The van der Waals surface area contributed by atoms with Crippen LogP contribution in [0, 0.1) is 13.8 Å². The van der Waals surface area contributed by atoms with Crippen LogP contribution in [0.2, 0.25) is 0 Å². The Morgan fingerprint density at radius 3 is 2.20 bits per heavy atom. The molecule has 1 unspecified atom stereocenters. The second-order valence-electron chi connectivity index (χ2n) is 10.9. The Balaban J connectivity index is 1.68. The van der Waals surface area contributed by atoms with Crippen molar-refractivity contribution in [2.24, 2.45) is 0 Å². The number of carbonyl (C=O) groups excluding carboxylic acids is 2. The number of rotatable bonds is 11. The van der Waals surface area contributed by atoms with E-state index in [0.29, 0.717) is 12.1 Å². The van der Waals surface area contributed by atoms with Gasteiger partial charge >= 0.3 is 0 Å². The molecule has 1 saturated carbocycles. The van der Waals surface area contributed by atoms with Gasteiger partial charge in [0, 0.05) is 12.6 Å². The first-order valence-corrected chi connectivity index (χ1v) is 15.9. The molecule has 0 bridgehead atoms. The smallest absolute Gasteiger partial charge is 0.264 e. The first kappa shape index (κ1) is 30.3. The van der Waals surface area contributed by atoms with Gasteiger partial charge in [-0.05, 0) is 62.9 Å². The zero-order valence-electron chi connectivity index (χ0n) is 24.3. The van der Waals surface area contributed by atoms with Crippen LogP contribution in [0.25, 0.3) is 0 Å². The van der Waals surface area contributed by atoms with Crippen LogP contribution in [-0.2, 0) is 26.2 Å². The van der Waals surface area contributed by atoms with Crippen molar-refractivity contribution >= 4 is 27.5 Å². The Labute approximate surface area is 244 Å². The van der Waals surface area contributed by atoms with Gasteiger partial charge in [-0.3, -0.25) is 13.9 Å². The number of nitrogens with zero attached hydrogens (tertiary/aromatic N) is 2. The van der Waals surface area contributed by atoms with Crippen LogP contribution in [-0.4, -0.2) is 43.8 Å². The quantitative estimate of drug-likeness (QED) is 0.315.